The number of hydrogen-bond donors (Lipinski definition) is 0. The van der Waals surface area contributed by atoms with E-state index in [0.717, 1.165) is 38.0 Å². The number of ether oxygens (including phenoxy) is 1. The third-order valence-electron chi connectivity index (χ3n) is 4.72. The third-order valence-corrected chi connectivity index (χ3v) is 4.72. The Balaban J connectivity index is 1.70. The van der Waals surface area contributed by atoms with E-state index in [0.29, 0.717) is 17.9 Å². The summed E-state index contributed by atoms with van der Waals surface area (Å²) in [5.41, 5.74) is 1.49. The number of piperidine rings is 1. The Hall–Kier alpha value is -2.21. The summed E-state index contributed by atoms with van der Waals surface area (Å²) in [6.45, 7) is 5.32. The molecule has 0 aliphatic carbocycles. The van der Waals surface area contributed by atoms with E-state index in [9.17, 15) is 9.18 Å². The molecule has 1 aliphatic rings. The maximum absolute atomic E-state index is 13.6. The van der Waals surface area contributed by atoms with Gasteiger partial charge in [-0.3, -0.25) is 14.4 Å². The van der Waals surface area contributed by atoms with E-state index in [1.165, 1.54) is 25.3 Å². The number of Topliss-reactive ketones (excluding diaryl/α,β-unsaturated/α-hetero) is 1. The van der Waals surface area contributed by atoms with Crippen LogP contribution < -0.4 is 4.74 Å². The van der Waals surface area contributed by atoms with E-state index in [4.69, 9.17) is 4.74 Å². The second-order valence-corrected chi connectivity index (χ2v) is 6.49. The van der Waals surface area contributed by atoms with Crippen molar-refractivity contribution >= 4 is 5.78 Å². The van der Waals surface area contributed by atoms with Crippen LogP contribution in [0.3, 0.4) is 0 Å². The number of halogens is 1. The van der Waals surface area contributed by atoms with E-state index < -0.39 is 5.82 Å². The molecule has 0 N–H and O–H groups in total. The number of aromatic nitrogens is 2. The van der Waals surface area contributed by atoms with Crippen LogP contribution in [0.1, 0.15) is 35.7 Å². The Bertz CT molecular complexity index is 744. The molecule has 0 spiro atoms. The average molecular weight is 345 g/mol. The lowest BCUT2D eigenvalue weighted by Gasteiger charge is -2.31. The summed E-state index contributed by atoms with van der Waals surface area (Å²) >= 11 is 0. The SMILES string of the molecule is CCn1cc(CN2CCC[C@H](C(=O)c3cc(F)ccc3OC)C2)cn1. The Kier molecular flexibility index (Phi) is 5.48. The zero-order valence-electron chi connectivity index (χ0n) is 14.7. The first-order chi connectivity index (χ1) is 12.1. The van der Waals surface area contributed by atoms with Gasteiger partial charge in [0.25, 0.3) is 0 Å². The Labute approximate surface area is 147 Å². The number of benzene rings is 1. The minimum atomic E-state index is -0.413. The molecule has 0 bridgehead atoms. The first-order valence-corrected chi connectivity index (χ1v) is 8.72. The zero-order chi connectivity index (χ0) is 17.8. The van der Waals surface area contributed by atoms with Gasteiger partial charge in [0, 0.05) is 37.3 Å². The maximum atomic E-state index is 13.6. The van der Waals surface area contributed by atoms with Crippen LogP contribution in [0.4, 0.5) is 4.39 Å². The van der Waals surface area contributed by atoms with Crippen LogP contribution in [0, 0.1) is 11.7 Å². The molecule has 0 amide bonds. The number of nitrogens with zero attached hydrogens (tertiary/aromatic N) is 3. The average Bonchev–Trinajstić information content (AvgIpc) is 3.09. The number of rotatable bonds is 6. The van der Waals surface area contributed by atoms with Crippen molar-refractivity contribution < 1.29 is 13.9 Å². The zero-order valence-corrected chi connectivity index (χ0v) is 14.7. The van der Waals surface area contributed by atoms with Gasteiger partial charge in [-0.1, -0.05) is 0 Å². The molecular formula is C19H24FN3O2. The van der Waals surface area contributed by atoms with Crippen LogP contribution in [0.15, 0.2) is 30.6 Å². The number of ketones is 1. The normalized spacial score (nSPS) is 18.3. The van der Waals surface area contributed by atoms with Crippen molar-refractivity contribution in [2.45, 2.75) is 32.9 Å². The number of likely N-dealkylation sites (tertiary alicyclic amines) is 1. The summed E-state index contributed by atoms with van der Waals surface area (Å²) in [7, 11) is 1.50. The van der Waals surface area contributed by atoms with Crippen molar-refractivity contribution in [2.75, 3.05) is 20.2 Å². The lowest BCUT2D eigenvalue weighted by Crippen LogP contribution is -2.38. The Morgan fingerprint density at radius 1 is 1.44 bits per heavy atom. The first kappa shape index (κ1) is 17.6. The molecule has 2 heterocycles. The van der Waals surface area contributed by atoms with Crippen molar-refractivity contribution in [3.05, 3.63) is 47.5 Å². The maximum Gasteiger partial charge on any atom is 0.171 e. The molecule has 1 saturated heterocycles. The summed E-state index contributed by atoms with van der Waals surface area (Å²) < 4.78 is 20.7. The molecule has 25 heavy (non-hydrogen) atoms. The van der Waals surface area contributed by atoms with Crippen LogP contribution in [0.2, 0.25) is 0 Å². The molecule has 0 radical (unpaired) electrons. The van der Waals surface area contributed by atoms with Crippen molar-refractivity contribution in [2.24, 2.45) is 5.92 Å². The van der Waals surface area contributed by atoms with E-state index in [-0.39, 0.29) is 11.7 Å². The highest BCUT2D eigenvalue weighted by Gasteiger charge is 2.28. The lowest BCUT2D eigenvalue weighted by molar-refractivity contribution is 0.0808. The third kappa shape index (κ3) is 4.07. The highest BCUT2D eigenvalue weighted by molar-refractivity contribution is 6.00. The summed E-state index contributed by atoms with van der Waals surface area (Å²) in [6.07, 6.45) is 5.70. The number of hydrogen-bond acceptors (Lipinski definition) is 4. The molecule has 1 atom stereocenters. The monoisotopic (exact) mass is 345 g/mol. The fourth-order valence-electron chi connectivity index (χ4n) is 3.43. The second-order valence-electron chi connectivity index (χ2n) is 6.49. The van der Waals surface area contributed by atoms with Gasteiger partial charge in [-0.05, 0) is 44.5 Å². The van der Waals surface area contributed by atoms with E-state index in [1.54, 1.807) is 0 Å². The van der Waals surface area contributed by atoms with Crippen LogP contribution in [-0.4, -0.2) is 40.7 Å². The largest absolute Gasteiger partial charge is 0.496 e. The minimum absolute atomic E-state index is 0.0368. The van der Waals surface area contributed by atoms with Crippen molar-refractivity contribution in [3.63, 3.8) is 0 Å². The van der Waals surface area contributed by atoms with Crippen molar-refractivity contribution in [1.82, 2.24) is 14.7 Å². The van der Waals surface area contributed by atoms with Crippen LogP contribution in [0.25, 0.3) is 0 Å². The molecule has 1 aromatic carbocycles. The topological polar surface area (TPSA) is 47.4 Å². The van der Waals surface area contributed by atoms with Gasteiger partial charge in [0.15, 0.2) is 5.78 Å². The molecular weight excluding hydrogens is 321 g/mol. The molecule has 1 aliphatic heterocycles. The number of carbonyl (C=O) groups is 1. The van der Waals surface area contributed by atoms with E-state index in [2.05, 4.69) is 16.9 Å². The van der Waals surface area contributed by atoms with Crippen molar-refractivity contribution in [1.29, 1.82) is 0 Å². The first-order valence-electron chi connectivity index (χ1n) is 8.72. The van der Waals surface area contributed by atoms with Gasteiger partial charge in [-0.2, -0.15) is 5.10 Å². The van der Waals surface area contributed by atoms with Gasteiger partial charge in [-0.15, -0.1) is 0 Å². The van der Waals surface area contributed by atoms with Crippen molar-refractivity contribution in [3.8, 4) is 5.75 Å². The van der Waals surface area contributed by atoms with Gasteiger partial charge in [0.05, 0.1) is 18.9 Å². The van der Waals surface area contributed by atoms with Crippen LogP contribution in [0.5, 0.6) is 5.75 Å². The molecule has 6 heteroatoms. The van der Waals surface area contributed by atoms with Gasteiger partial charge < -0.3 is 4.74 Å². The molecule has 1 aromatic heterocycles. The number of methoxy groups -OCH3 is 1. The minimum Gasteiger partial charge on any atom is -0.496 e. The summed E-state index contributed by atoms with van der Waals surface area (Å²) in [5, 5.41) is 4.30. The Morgan fingerprint density at radius 2 is 2.28 bits per heavy atom. The summed E-state index contributed by atoms with van der Waals surface area (Å²) in [4.78, 5) is 15.2. The predicted molar refractivity (Wildman–Crippen MR) is 93.2 cm³/mol. The molecule has 3 rings (SSSR count). The van der Waals surface area contributed by atoms with Crippen LogP contribution in [-0.2, 0) is 13.1 Å². The second kappa shape index (κ2) is 7.78. The quantitative estimate of drug-likeness (QED) is 0.755. The molecule has 134 valence electrons. The van der Waals surface area contributed by atoms with E-state index >= 15 is 0 Å². The summed E-state index contributed by atoms with van der Waals surface area (Å²) in [6, 6.07) is 4.11. The number of carbonyl (C=O) groups excluding carboxylic acids is 1. The van der Waals surface area contributed by atoms with Gasteiger partial charge in [-0.25, -0.2) is 4.39 Å². The predicted octanol–water partition coefficient (Wildman–Crippen LogP) is 3.15. The summed E-state index contributed by atoms with van der Waals surface area (Å²) in [5.74, 6) is -0.146. The van der Waals surface area contributed by atoms with Crippen LogP contribution >= 0.6 is 0 Å². The Morgan fingerprint density at radius 3 is 3.00 bits per heavy atom. The molecule has 2 aromatic rings. The standard InChI is InChI=1S/C19H24FN3O2/c1-3-23-12-14(10-21-23)11-22-8-4-5-15(13-22)19(24)17-9-16(20)6-7-18(17)25-2/h6-7,9-10,12,15H,3-5,8,11,13H2,1-2H3/t15-/m0/s1. The highest BCUT2D eigenvalue weighted by atomic mass is 19.1. The van der Waals surface area contributed by atoms with Gasteiger partial charge in [0.1, 0.15) is 11.6 Å². The molecule has 5 nitrogen and oxygen atoms in total. The molecule has 1 fully saturated rings. The smallest absolute Gasteiger partial charge is 0.171 e. The van der Waals surface area contributed by atoms with Gasteiger partial charge >= 0.3 is 0 Å². The van der Waals surface area contributed by atoms with E-state index in [1.807, 2.05) is 17.1 Å². The molecule has 0 saturated carbocycles. The fourth-order valence-corrected chi connectivity index (χ4v) is 3.43. The highest BCUT2D eigenvalue weighted by Crippen LogP contribution is 2.27. The lowest BCUT2D eigenvalue weighted by atomic mass is 9.89. The molecule has 0 unspecified atom stereocenters. The van der Waals surface area contributed by atoms with Gasteiger partial charge in [0.2, 0.25) is 0 Å². The fraction of sp³-hybridized carbons (Fsp3) is 0.474. The number of aryl methyl sites for hydroxylation is 1.